The first kappa shape index (κ1) is 21.0. The molecule has 4 bridgehead atoms. The summed E-state index contributed by atoms with van der Waals surface area (Å²) in [5.74, 6) is 2.03. The molecule has 1 saturated heterocycles. The minimum absolute atomic E-state index is 0.191. The Labute approximate surface area is 184 Å². The quantitative estimate of drug-likeness (QED) is 0.509. The molecule has 1 aromatic carbocycles. The normalized spacial score (nSPS) is 32.1. The van der Waals surface area contributed by atoms with E-state index in [1.807, 2.05) is 24.3 Å². The second-order valence-corrected chi connectivity index (χ2v) is 10.2. The number of ether oxygens (including phenoxy) is 2. The number of hydrogen-bond acceptors (Lipinski definition) is 5. The number of rotatable bonds is 8. The fraction of sp³-hybridized carbons (Fsp3) is 0.680. The lowest BCUT2D eigenvalue weighted by Gasteiger charge is -2.55. The predicted molar refractivity (Wildman–Crippen MR) is 118 cm³/mol. The molecule has 1 aliphatic heterocycles. The predicted octanol–water partition coefficient (Wildman–Crippen LogP) is 3.51. The Morgan fingerprint density at radius 1 is 1.06 bits per heavy atom. The number of Topliss-reactive ketones (excluding diaryl/α,β-unsaturated/α-hetero) is 1. The average Bonchev–Trinajstić information content (AvgIpc) is 2.76. The maximum atomic E-state index is 13.2. The lowest BCUT2D eigenvalue weighted by Crippen LogP contribution is -2.52. The van der Waals surface area contributed by atoms with Crippen molar-refractivity contribution in [1.29, 1.82) is 0 Å². The summed E-state index contributed by atoms with van der Waals surface area (Å²) in [6, 6.07) is 7.40. The molecule has 4 saturated carbocycles. The van der Waals surface area contributed by atoms with Gasteiger partial charge in [-0.1, -0.05) is 6.07 Å². The molecule has 1 heterocycles. The fourth-order valence-electron chi connectivity index (χ4n) is 6.78. The van der Waals surface area contributed by atoms with Gasteiger partial charge < -0.3 is 14.8 Å². The highest BCUT2D eigenvalue weighted by atomic mass is 16.5. The number of carbonyl (C=O) groups is 2. The second kappa shape index (κ2) is 8.91. The second-order valence-electron chi connectivity index (χ2n) is 10.2. The largest absolute Gasteiger partial charge is 0.493 e. The summed E-state index contributed by atoms with van der Waals surface area (Å²) in [5.41, 5.74) is 0.237. The molecule has 0 radical (unpaired) electrons. The minimum Gasteiger partial charge on any atom is -0.493 e. The van der Waals surface area contributed by atoms with Crippen molar-refractivity contribution in [2.45, 2.75) is 44.9 Å². The van der Waals surface area contributed by atoms with E-state index in [1.54, 1.807) is 0 Å². The summed E-state index contributed by atoms with van der Waals surface area (Å²) in [7, 11) is 0. The van der Waals surface area contributed by atoms with E-state index in [-0.39, 0.29) is 5.78 Å². The SMILES string of the molecule is O=C(Nc1cccc(OCCCN2CCOCC2)c1)C(=O)C12CC3CC(CC(C3)C1)C2. The smallest absolute Gasteiger partial charge is 0.292 e. The number of anilines is 1. The van der Waals surface area contributed by atoms with E-state index in [9.17, 15) is 9.59 Å². The summed E-state index contributed by atoms with van der Waals surface area (Å²) in [4.78, 5) is 28.4. The summed E-state index contributed by atoms with van der Waals surface area (Å²) in [6.07, 6.45) is 7.48. The van der Waals surface area contributed by atoms with Crippen LogP contribution in [0.25, 0.3) is 0 Å². The van der Waals surface area contributed by atoms with Gasteiger partial charge in [0.15, 0.2) is 0 Å². The van der Waals surface area contributed by atoms with Crippen LogP contribution in [0.2, 0.25) is 0 Å². The van der Waals surface area contributed by atoms with E-state index < -0.39 is 11.3 Å². The topological polar surface area (TPSA) is 67.9 Å². The van der Waals surface area contributed by atoms with Crippen LogP contribution in [0.15, 0.2) is 24.3 Å². The Bertz CT molecular complexity index is 782. The Morgan fingerprint density at radius 3 is 2.42 bits per heavy atom. The third kappa shape index (κ3) is 4.65. The number of hydrogen-bond donors (Lipinski definition) is 1. The van der Waals surface area contributed by atoms with Gasteiger partial charge in [-0.2, -0.15) is 0 Å². The van der Waals surface area contributed by atoms with Crippen molar-refractivity contribution in [3.63, 3.8) is 0 Å². The first-order chi connectivity index (χ1) is 15.1. The Balaban J connectivity index is 1.13. The summed E-state index contributed by atoms with van der Waals surface area (Å²) in [5, 5.41) is 2.86. The number of amides is 1. The minimum atomic E-state index is -0.452. The van der Waals surface area contributed by atoms with Gasteiger partial charge in [0.25, 0.3) is 5.91 Å². The molecule has 1 aromatic rings. The van der Waals surface area contributed by atoms with Crippen molar-refractivity contribution in [3.8, 4) is 5.75 Å². The molecule has 6 heteroatoms. The molecule has 4 aliphatic carbocycles. The molecule has 0 spiro atoms. The third-order valence-corrected chi connectivity index (χ3v) is 7.81. The zero-order chi connectivity index (χ0) is 21.3. The molecule has 31 heavy (non-hydrogen) atoms. The zero-order valence-corrected chi connectivity index (χ0v) is 18.3. The van der Waals surface area contributed by atoms with Crippen LogP contribution in [-0.2, 0) is 14.3 Å². The van der Waals surface area contributed by atoms with Crippen LogP contribution < -0.4 is 10.1 Å². The number of nitrogens with one attached hydrogen (secondary N) is 1. The maximum absolute atomic E-state index is 13.2. The van der Waals surface area contributed by atoms with Crippen molar-refractivity contribution < 1.29 is 19.1 Å². The van der Waals surface area contributed by atoms with E-state index >= 15 is 0 Å². The van der Waals surface area contributed by atoms with Gasteiger partial charge in [-0.15, -0.1) is 0 Å². The molecule has 0 aromatic heterocycles. The molecule has 5 fully saturated rings. The van der Waals surface area contributed by atoms with Gasteiger partial charge in [0.05, 0.1) is 19.8 Å². The highest BCUT2D eigenvalue weighted by Gasteiger charge is 2.55. The highest BCUT2D eigenvalue weighted by Crippen LogP contribution is 2.60. The monoisotopic (exact) mass is 426 g/mol. The molecule has 6 nitrogen and oxygen atoms in total. The van der Waals surface area contributed by atoms with Gasteiger partial charge in [0, 0.05) is 36.8 Å². The van der Waals surface area contributed by atoms with E-state index in [2.05, 4.69) is 10.2 Å². The van der Waals surface area contributed by atoms with Crippen LogP contribution in [0.4, 0.5) is 5.69 Å². The van der Waals surface area contributed by atoms with Gasteiger partial charge in [-0.3, -0.25) is 14.5 Å². The van der Waals surface area contributed by atoms with Crippen molar-refractivity contribution in [3.05, 3.63) is 24.3 Å². The molecule has 1 N–H and O–H groups in total. The van der Waals surface area contributed by atoms with Gasteiger partial charge >= 0.3 is 0 Å². The maximum Gasteiger partial charge on any atom is 0.292 e. The first-order valence-electron chi connectivity index (χ1n) is 12.0. The Hall–Kier alpha value is -1.92. The summed E-state index contributed by atoms with van der Waals surface area (Å²) < 4.78 is 11.3. The van der Waals surface area contributed by atoms with Crippen molar-refractivity contribution in [2.24, 2.45) is 23.2 Å². The standard InChI is InChI=1S/C25H34N2O4/c28-23(25-15-18-11-19(16-25)13-20(12-18)17-25)24(29)26-21-3-1-4-22(14-21)31-8-2-5-27-6-9-30-10-7-27/h1,3-4,14,18-20H,2,5-13,15-17H2,(H,26,29). The van der Waals surface area contributed by atoms with Crippen LogP contribution in [0.5, 0.6) is 5.75 Å². The van der Waals surface area contributed by atoms with E-state index in [4.69, 9.17) is 9.47 Å². The van der Waals surface area contributed by atoms with Gasteiger partial charge in [-0.05, 0) is 74.8 Å². The molecular weight excluding hydrogens is 392 g/mol. The fourth-order valence-corrected chi connectivity index (χ4v) is 6.78. The third-order valence-electron chi connectivity index (χ3n) is 7.81. The number of benzene rings is 1. The molecule has 0 atom stereocenters. The lowest BCUT2D eigenvalue weighted by molar-refractivity contribution is -0.151. The van der Waals surface area contributed by atoms with Crippen molar-refractivity contribution in [2.75, 3.05) is 44.8 Å². The molecule has 0 unspecified atom stereocenters. The lowest BCUT2D eigenvalue weighted by atomic mass is 9.48. The number of nitrogens with zero attached hydrogens (tertiary/aromatic N) is 1. The van der Waals surface area contributed by atoms with E-state index in [1.165, 1.54) is 19.3 Å². The van der Waals surface area contributed by atoms with Crippen LogP contribution in [-0.4, -0.2) is 56.0 Å². The van der Waals surface area contributed by atoms with Gasteiger partial charge in [0.2, 0.25) is 5.78 Å². The van der Waals surface area contributed by atoms with E-state index in [0.717, 1.165) is 64.3 Å². The summed E-state index contributed by atoms with van der Waals surface area (Å²) in [6.45, 7) is 5.22. The van der Waals surface area contributed by atoms with Gasteiger partial charge in [0.1, 0.15) is 5.75 Å². The molecule has 168 valence electrons. The molecule has 5 aliphatic rings. The molecule has 6 rings (SSSR count). The number of ketones is 1. The van der Waals surface area contributed by atoms with Crippen LogP contribution in [0.3, 0.4) is 0 Å². The number of morpholine rings is 1. The van der Waals surface area contributed by atoms with E-state index in [0.29, 0.717) is 30.0 Å². The highest BCUT2D eigenvalue weighted by molar-refractivity contribution is 6.42. The first-order valence-corrected chi connectivity index (χ1v) is 12.0. The van der Waals surface area contributed by atoms with Crippen molar-refractivity contribution >= 4 is 17.4 Å². The Kier molecular flexibility index (Phi) is 6.02. The van der Waals surface area contributed by atoms with Crippen LogP contribution in [0.1, 0.15) is 44.9 Å². The van der Waals surface area contributed by atoms with Crippen molar-refractivity contribution in [1.82, 2.24) is 4.90 Å². The zero-order valence-electron chi connectivity index (χ0n) is 18.3. The van der Waals surface area contributed by atoms with Crippen LogP contribution >= 0.6 is 0 Å². The Morgan fingerprint density at radius 2 is 1.74 bits per heavy atom. The molecule has 1 amide bonds. The summed E-state index contributed by atoms with van der Waals surface area (Å²) >= 11 is 0. The molecular formula is C25H34N2O4. The van der Waals surface area contributed by atoms with Crippen LogP contribution in [0, 0.1) is 23.2 Å². The average molecular weight is 427 g/mol. The van der Waals surface area contributed by atoms with Gasteiger partial charge in [-0.25, -0.2) is 0 Å². The number of carbonyl (C=O) groups excluding carboxylic acids is 2.